The number of anilines is 1. The number of fused-ring (bicyclic) bond motifs is 2. The van der Waals surface area contributed by atoms with Crippen molar-refractivity contribution in [1.82, 2.24) is 9.88 Å². The fourth-order valence-electron chi connectivity index (χ4n) is 4.08. The van der Waals surface area contributed by atoms with E-state index in [1.54, 1.807) is 0 Å². The van der Waals surface area contributed by atoms with E-state index in [0.29, 0.717) is 13.1 Å². The maximum atomic E-state index is 13.6. The number of pyridine rings is 1. The Bertz CT molecular complexity index is 1090. The van der Waals surface area contributed by atoms with Crippen molar-refractivity contribution in [3.05, 3.63) is 84.6 Å². The molecule has 1 amide bonds. The van der Waals surface area contributed by atoms with Crippen molar-refractivity contribution in [1.29, 1.82) is 0 Å². The summed E-state index contributed by atoms with van der Waals surface area (Å²) in [7, 11) is 0. The lowest BCUT2D eigenvalue weighted by Gasteiger charge is -2.35. The van der Waals surface area contributed by atoms with Gasteiger partial charge in [-0.25, -0.2) is 4.98 Å². The predicted octanol–water partition coefficient (Wildman–Crippen LogP) is 4.35. The number of carbonyl (C=O) groups excluding carboxylic acids is 1. The summed E-state index contributed by atoms with van der Waals surface area (Å²) in [5.41, 5.74) is 0.819. The van der Waals surface area contributed by atoms with Crippen LogP contribution in [0.5, 0.6) is 0 Å². The Labute approximate surface area is 164 Å². The van der Waals surface area contributed by atoms with E-state index in [2.05, 4.69) is 40.2 Å². The van der Waals surface area contributed by atoms with Gasteiger partial charge in [-0.1, -0.05) is 54.6 Å². The van der Waals surface area contributed by atoms with Gasteiger partial charge in [-0.2, -0.15) is 0 Å². The van der Waals surface area contributed by atoms with Gasteiger partial charge in [0.05, 0.1) is 5.56 Å². The van der Waals surface area contributed by atoms with Gasteiger partial charge in [-0.3, -0.25) is 4.79 Å². The molecule has 5 rings (SSSR count). The third-order valence-electron chi connectivity index (χ3n) is 5.53. The first-order valence-corrected chi connectivity index (χ1v) is 9.67. The van der Waals surface area contributed by atoms with E-state index in [9.17, 15) is 4.79 Å². The minimum Gasteiger partial charge on any atom is -0.353 e. The average molecular weight is 367 g/mol. The molecule has 0 atom stereocenters. The molecule has 0 radical (unpaired) electrons. The zero-order chi connectivity index (χ0) is 18.9. The lowest BCUT2D eigenvalue weighted by Crippen LogP contribution is -2.49. The van der Waals surface area contributed by atoms with Gasteiger partial charge in [-0.15, -0.1) is 0 Å². The molecule has 0 aliphatic carbocycles. The van der Waals surface area contributed by atoms with Crippen LogP contribution >= 0.6 is 0 Å². The van der Waals surface area contributed by atoms with Gasteiger partial charge in [0, 0.05) is 32.4 Å². The molecule has 4 heteroatoms. The second-order valence-corrected chi connectivity index (χ2v) is 7.16. The van der Waals surface area contributed by atoms with Crippen LogP contribution < -0.4 is 4.90 Å². The number of benzene rings is 3. The summed E-state index contributed by atoms with van der Waals surface area (Å²) < 4.78 is 0. The first kappa shape index (κ1) is 16.8. The molecule has 1 aliphatic heterocycles. The molecule has 138 valence electrons. The zero-order valence-corrected chi connectivity index (χ0v) is 15.6. The van der Waals surface area contributed by atoms with Crippen molar-refractivity contribution in [2.45, 2.75) is 0 Å². The van der Waals surface area contributed by atoms with Gasteiger partial charge in [0.1, 0.15) is 5.82 Å². The number of amides is 1. The maximum absolute atomic E-state index is 13.6. The molecule has 4 aromatic rings. The fraction of sp³-hybridized carbons (Fsp3) is 0.167. The average Bonchev–Trinajstić information content (AvgIpc) is 2.77. The van der Waals surface area contributed by atoms with Crippen LogP contribution in [0.25, 0.3) is 21.5 Å². The minimum atomic E-state index is 0.119. The Hall–Kier alpha value is -3.40. The van der Waals surface area contributed by atoms with Crippen LogP contribution in [0.1, 0.15) is 10.4 Å². The fourth-order valence-corrected chi connectivity index (χ4v) is 4.08. The van der Waals surface area contributed by atoms with E-state index >= 15 is 0 Å². The van der Waals surface area contributed by atoms with Gasteiger partial charge in [0.25, 0.3) is 5.91 Å². The molecule has 1 saturated heterocycles. The highest BCUT2D eigenvalue weighted by Crippen LogP contribution is 2.30. The topological polar surface area (TPSA) is 36.4 Å². The van der Waals surface area contributed by atoms with Crippen LogP contribution in [0.2, 0.25) is 0 Å². The second-order valence-electron chi connectivity index (χ2n) is 7.16. The summed E-state index contributed by atoms with van der Waals surface area (Å²) in [6, 6.07) is 24.5. The monoisotopic (exact) mass is 367 g/mol. The lowest BCUT2D eigenvalue weighted by molar-refractivity contribution is 0.0750. The van der Waals surface area contributed by atoms with Crippen LogP contribution in [0.3, 0.4) is 0 Å². The molecular formula is C24H21N3O. The Morgan fingerprint density at radius 2 is 1.36 bits per heavy atom. The van der Waals surface area contributed by atoms with Gasteiger partial charge in [0.15, 0.2) is 0 Å². The van der Waals surface area contributed by atoms with Crippen LogP contribution in [0.4, 0.5) is 5.82 Å². The number of hydrogen-bond donors (Lipinski definition) is 0. The van der Waals surface area contributed by atoms with Crippen molar-refractivity contribution < 1.29 is 4.79 Å². The summed E-state index contributed by atoms with van der Waals surface area (Å²) in [5.74, 6) is 1.10. The van der Waals surface area contributed by atoms with Crippen molar-refractivity contribution in [2.75, 3.05) is 31.1 Å². The number of aromatic nitrogens is 1. The molecule has 28 heavy (non-hydrogen) atoms. The van der Waals surface area contributed by atoms with Gasteiger partial charge >= 0.3 is 0 Å². The molecule has 0 N–H and O–H groups in total. The summed E-state index contributed by atoms with van der Waals surface area (Å²) >= 11 is 0. The number of rotatable bonds is 2. The molecular weight excluding hydrogens is 346 g/mol. The molecule has 4 nitrogen and oxygen atoms in total. The normalized spacial score (nSPS) is 14.6. The Morgan fingerprint density at radius 1 is 0.750 bits per heavy atom. The van der Waals surface area contributed by atoms with Crippen molar-refractivity contribution in [2.24, 2.45) is 0 Å². The predicted molar refractivity (Wildman–Crippen MR) is 114 cm³/mol. The molecule has 2 heterocycles. The Balaban J connectivity index is 1.49. The number of nitrogens with zero attached hydrogens (tertiary/aromatic N) is 3. The summed E-state index contributed by atoms with van der Waals surface area (Å²) in [4.78, 5) is 22.2. The molecule has 1 fully saturated rings. The maximum Gasteiger partial charge on any atom is 0.255 e. The number of piperazine rings is 1. The van der Waals surface area contributed by atoms with Crippen LogP contribution in [0.15, 0.2) is 79.0 Å². The molecule has 3 aromatic carbocycles. The van der Waals surface area contributed by atoms with Gasteiger partial charge in [-0.05, 0) is 39.7 Å². The van der Waals surface area contributed by atoms with Crippen molar-refractivity contribution in [3.63, 3.8) is 0 Å². The molecule has 1 aliphatic rings. The smallest absolute Gasteiger partial charge is 0.255 e. The minimum absolute atomic E-state index is 0.119. The van der Waals surface area contributed by atoms with E-state index in [4.69, 9.17) is 0 Å². The van der Waals surface area contributed by atoms with E-state index in [-0.39, 0.29) is 5.91 Å². The number of hydrogen-bond acceptors (Lipinski definition) is 3. The van der Waals surface area contributed by atoms with E-state index in [0.717, 1.165) is 46.0 Å². The first-order valence-electron chi connectivity index (χ1n) is 9.67. The van der Waals surface area contributed by atoms with E-state index in [1.807, 2.05) is 53.6 Å². The van der Waals surface area contributed by atoms with Crippen LogP contribution in [-0.4, -0.2) is 42.0 Å². The highest BCUT2D eigenvalue weighted by atomic mass is 16.2. The quantitative estimate of drug-likeness (QED) is 0.494. The Kier molecular flexibility index (Phi) is 4.17. The summed E-state index contributed by atoms with van der Waals surface area (Å²) in [5, 5.41) is 4.27. The summed E-state index contributed by atoms with van der Waals surface area (Å²) in [6.45, 7) is 3.00. The molecule has 0 spiro atoms. The lowest BCUT2D eigenvalue weighted by atomic mass is 9.95. The van der Waals surface area contributed by atoms with Gasteiger partial charge < -0.3 is 9.80 Å². The van der Waals surface area contributed by atoms with Crippen molar-refractivity contribution in [3.8, 4) is 0 Å². The summed E-state index contributed by atoms with van der Waals surface area (Å²) in [6.07, 6.45) is 1.81. The largest absolute Gasteiger partial charge is 0.353 e. The van der Waals surface area contributed by atoms with Crippen molar-refractivity contribution >= 4 is 33.3 Å². The van der Waals surface area contributed by atoms with E-state index in [1.165, 1.54) is 0 Å². The molecule has 1 aromatic heterocycles. The highest BCUT2D eigenvalue weighted by Gasteiger charge is 2.25. The SMILES string of the molecule is O=C(c1c2ccccc2cc2ccccc12)N1CCN(c2ccccn2)CC1. The number of carbonyl (C=O) groups is 1. The Morgan fingerprint density at radius 3 is 1.96 bits per heavy atom. The third kappa shape index (κ3) is 2.87. The van der Waals surface area contributed by atoms with Crippen LogP contribution in [0, 0.1) is 0 Å². The molecule has 0 bridgehead atoms. The zero-order valence-electron chi connectivity index (χ0n) is 15.6. The molecule has 0 saturated carbocycles. The third-order valence-corrected chi connectivity index (χ3v) is 5.53. The highest BCUT2D eigenvalue weighted by molar-refractivity contribution is 6.18. The van der Waals surface area contributed by atoms with Crippen LogP contribution in [-0.2, 0) is 0 Å². The van der Waals surface area contributed by atoms with Gasteiger partial charge in [0.2, 0.25) is 0 Å². The van der Waals surface area contributed by atoms with E-state index < -0.39 is 0 Å². The first-order chi connectivity index (χ1) is 13.8. The molecule has 0 unspecified atom stereocenters. The second kappa shape index (κ2) is 6.97. The standard InChI is InChI=1S/C24H21N3O/c28-24(27-15-13-26(14-16-27)22-11-5-6-12-25-22)23-20-9-3-1-7-18(20)17-19-8-2-4-10-21(19)23/h1-12,17H,13-16H2.